The van der Waals surface area contributed by atoms with Crippen LogP contribution >= 0.6 is 15.9 Å². The van der Waals surface area contributed by atoms with E-state index in [0.717, 1.165) is 0 Å². The number of rotatable bonds is 5. The Bertz CT molecular complexity index is 735. The lowest BCUT2D eigenvalue weighted by Gasteiger charge is -2.11. The van der Waals surface area contributed by atoms with Crippen molar-refractivity contribution in [2.75, 3.05) is 17.3 Å². The first-order valence-corrected chi connectivity index (χ1v) is 8.03. The van der Waals surface area contributed by atoms with Gasteiger partial charge in [0.25, 0.3) is 10.0 Å². The zero-order valence-corrected chi connectivity index (χ0v) is 13.4. The number of nitrogens with zero attached hydrogens (tertiary/aromatic N) is 1. The molecule has 0 aliphatic carbocycles. The van der Waals surface area contributed by atoms with Gasteiger partial charge in [0.15, 0.2) is 0 Å². The number of ether oxygens (including phenoxy) is 1. The van der Waals surface area contributed by atoms with Crippen molar-refractivity contribution in [1.82, 2.24) is 4.98 Å². The average Bonchev–Trinajstić information content (AvgIpc) is 2.49. The highest BCUT2D eigenvalue weighted by Gasteiger charge is 2.16. The summed E-state index contributed by atoms with van der Waals surface area (Å²) in [6.45, 7) is 0. The molecule has 0 saturated heterocycles. The SMILES string of the molecule is COc1ccc(Br)c(NS(=O)(=O)c2ccc(NN)nc2)c1. The van der Waals surface area contributed by atoms with Crippen molar-refractivity contribution in [3.63, 3.8) is 0 Å². The zero-order chi connectivity index (χ0) is 15.5. The van der Waals surface area contributed by atoms with Crippen molar-refractivity contribution in [2.45, 2.75) is 4.90 Å². The van der Waals surface area contributed by atoms with Gasteiger partial charge in [-0.05, 0) is 40.2 Å². The van der Waals surface area contributed by atoms with Crippen LogP contribution in [0.15, 0.2) is 45.9 Å². The Morgan fingerprint density at radius 3 is 2.62 bits per heavy atom. The summed E-state index contributed by atoms with van der Waals surface area (Å²) in [5.74, 6) is 6.10. The summed E-state index contributed by atoms with van der Waals surface area (Å²) in [6.07, 6.45) is 1.21. The van der Waals surface area contributed by atoms with Crippen LogP contribution in [0.4, 0.5) is 11.5 Å². The van der Waals surface area contributed by atoms with Gasteiger partial charge in [-0.2, -0.15) is 0 Å². The number of methoxy groups -OCH3 is 1. The van der Waals surface area contributed by atoms with E-state index in [4.69, 9.17) is 10.6 Å². The first-order valence-electron chi connectivity index (χ1n) is 5.75. The molecule has 0 atom stereocenters. The van der Waals surface area contributed by atoms with Crippen LogP contribution in [0, 0.1) is 0 Å². The number of hydrogen-bond donors (Lipinski definition) is 3. The lowest BCUT2D eigenvalue weighted by molar-refractivity contribution is 0.415. The molecule has 9 heteroatoms. The largest absolute Gasteiger partial charge is 0.497 e. The van der Waals surface area contributed by atoms with E-state index in [1.807, 2.05) is 0 Å². The fraction of sp³-hybridized carbons (Fsp3) is 0.0833. The number of benzene rings is 1. The van der Waals surface area contributed by atoms with E-state index in [0.29, 0.717) is 21.7 Å². The van der Waals surface area contributed by atoms with Crippen molar-refractivity contribution in [2.24, 2.45) is 5.84 Å². The summed E-state index contributed by atoms with van der Waals surface area (Å²) in [5, 5.41) is 0. The molecule has 0 unspecified atom stereocenters. The lowest BCUT2D eigenvalue weighted by atomic mass is 10.3. The van der Waals surface area contributed by atoms with Gasteiger partial charge in [-0.1, -0.05) is 0 Å². The molecule has 7 nitrogen and oxygen atoms in total. The van der Waals surface area contributed by atoms with Crippen LogP contribution in [0.1, 0.15) is 0 Å². The summed E-state index contributed by atoms with van der Waals surface area (Å²) in [7, 11) is -2.25. The van der Waals surface area contributed by atoms with Gasteiger partial charge in [-0.3, -0.25) is 4.72 Å². The molecule has 0 radical (unpaired) electrons. The second kappa shape index (κ2) is 6.29. The fourth-order valence-electron chi connectivity index (χ4n) is 1.54. The van der Waals surface area contributed by atoms with E-state index in [1.54, 1.807) is 18.2 Å². The van der Waals surface area contributed by atoms with E-state index in [9.17, 15) is 8.42 Å². The highest BCUT2D eigenvalue weighted by molar-refractivity contribution is 9.10. The smallest absolute Gasteiger partial charge is 0.263 e. The number of nitrogens with two attached hydrogens (primary N) is 1. The van der Waals surface area contributed by atoms with Gasteiger partial charge in [0.1, 0.15) is 16.5 Å². The summed E-state index contributed by atoms with van der Waals surface area (Å²) < 4.78 is 32.7. The van der Waals surface area contributed by atoms with E-state index >= 15 is 0 Å². The number of aromatic nitrogens is 1. The summed E-state index contributed by atoms with van der Waals surface area (Å²) in [4.78, 5) is 3.89. The van der Waals surface area contributed by atoms with Crippen LogP contribution in [0.3, 0.4) is 0 Å². The quantitative estimate of drug-likeness (QED) is 0.546. The molecular formula is C12H13BrN4O3S. The van der Waals surface area contributed by atoms with Gasteiger partial charge in [0.05, 0.1) is 12.8 Å². The molecule has 21 heavy (non-hydrogen) atoms. The van der Waals surface area contributed by atoms with Gasteiger partial charge in [-0.15, -0.1) is 0 Å². The van der Waals surface area contributed by atoms with Crippen LogP contribution in [-0.4, -0.2) is 20.5 Å². The summed E-state index contributed by atoms with van der Waals surface area (Å²) >= 11 is 3.28. The molecule has 0 bridgehead atoms. The molecular weight excluding hydrogens is 360 g/mol. The second-order valence-electron chi connectivity index (χ2n) is 3.97. The van der Waals surface area contributed by atoms with Gasteiger partial charge in [-0.25, -0.2) is 19.2 Å². The van der Waals surface area contributed by atoms with Crippen molar-refractivity contribution in [3.8, 4) is 5.75 Å². The fourth-order valence-corrected chi connectivity index (χ4v) is 3.03. The number of nitrogen functional groups attached to an aromatic ring is 1. The molecule has 0 aliphatic heterocycles. The van der Waals surface area contributed by atoms with E-state index in [1.165, 1.54) is 25.4 Å². The third-order valence-electron chi connectivity index (χ3n) is 2.61. The molecule has 0 saturated carbocycles. The highest BCUT2D eigenvalue weighted by Crippen LogP contribution is 2.29. The number of hydrogen-bond acceptors (Lipinski definition) is 6. The predicted molar refractivity (Wildman–Crippen MR) is 83.5 cm³/mol. The molecule has 1 heterocycles. The Labute approximate surface area is 130 Å². The van der Waals surface area contributed by atoms with Crippen molar-refractivity contribution >= 4 is 37.5 Å². The maximum atomic E-state index is 12.3. The molecule has 2 rings (SSSR count). The number of pyridine rings is 1. The summed E-state index contributed by atoms with van der Waals surface area (Å²) in [6, 6.07) is 7.85. The number of nitrogens with one attached hydrogen (secondary N) is 2. The monoisotopic (exact) mass is 372 g/mol. The Hall–Kier alpha value is -1.84. The molecule has 0 aliphatic rings. The first kappa shape index (κ1) is 15.5. The van der Waals surface area contributed by atoms with Gasteiger partial charge < -0.3 is 10.2 Å². The highest BCUT2D eigenvalue weighted by atomic mass is 79.9. The minimum Gasteiger partial charge on any atom is -0.497 e. The zero-order valence-electron chi connectivity index (χ0n) is 11.0. The minimum atomic E-state index is -3.75. The molecule has 4 N–H and O–H groups in total. The Kier molecular flexibility index (Phi) is 4.66. The molecule has 0 spiro atoms. The Morgan fingerprint density at radius 1 is 1.29 bits per heavy atom. The van der Waals surface area contributed by atoms with E-state index in [-0.39, 0.29) is 4.90 Å². The molecule has 0 fully saturated rings. The molecule has 112 valence electrons. The second-order valence-corrected chi connectivity index (χ2v) is 6.51. The van der Waals surface area contributed by atoms with Crippen molar-refractivity contribution in [3.05, 3.63) is 41.0 Å². The number of sulfonamides is 1. The van der Waals surface area contributed by atoms with Crippen LogP contribution in [0.2, 0.25) is 0 Å². The Balaban J connectivity index is 2.32. The summed E-state index contributed by atoms with van der Waals surface area (Å²) in [5.41, 5.74) is 2.70. The lowest BCUT2D eigenvalue weighted by Crippen LogP contribution is -2.14. The third kappa shape index (κ3) is 3.63. The number of hydrazine groups is 1. The van der Waals surface area contributed by atoms with Crippen LogP contribution in [-0.2, 0) is 10.0 Å². The first-order chi connectivity index (χ1) is 9.96. The van der Waals surface area contributed by atoms with E-state index in [2.05, 4.69) is 31.1 Å². The van der Waals surface area contributed by atoms with Gasteiger partial charge in [0, 0.05) is 16.7 Å². The van der Waals surface area contributed by atoms with Crippen LogP contribution < -0.4 is 20.7 Å². The standard InChI is InChI=1S/C12H13BrN4O3S/c1-20-8-2-4-10(13)11(6-8)17-21(18,19)9-3-5-12(16-14)15-7-9/h2-7,17H,14H2,1H3,(H,15,16). The van der Waals surface area contributed by atoms with Crippen LogP contribution in [0.25, 0.3) is 0 Å². The predicted octanol–water partition coefficient (Wildman–Crippen LogP) is 1.94. The maximum Gasteiger partial charge on any atom is 0.263 e. The number of anilines is 2. The average molecular weight is 373 g/mol. The molecule has 1 aromatic carbocycles. The molecule has 2 aromatic rings. The molecule has 1 aromatic heterocycles. The third-order valence-corrected chi connectivity index (χ3v) is 4.65. The maximum absolute atomic E-state index is 12.3. The normalized spacial score (nSPS) is 11.0. The number of halogens is 1. The molecule has 0 amide bonds. The van der Waals surface area contributed by atoms with Crippen LogP contribution in [0.5, 0.6) is 5.75 Å². The van der Waals surface area contributed by atoms with E-state index < -0.39 is 10.0 Å². The van der Waals surface area contributed by atoms with Gasteiger partial charge in [0.2, 0.25) is 0 Å². The van der Waals surface area contributed by atoms with Crippen molar-refractivity contribution < 1.29 is 13.2 Å². The minimum absolute atomic E-state index is 0.0243. The Morgan fingerprint density at radius 2 is 2.05 bits per heavy atom. The van der Waals surface area contributed by atoms with Gasteiger partial charge >= 0.3 is 0 Å². The topological polar surface area (TPSA) is 106 Å². The van der Waals surface area contributed by atoms with Crippen molar-refractivity contribution in [1.29, 1.82) is 0 Å².